The van der Waals surface area contributed by atoms with E-state index >= 15 is 0 Å². The Hall–Kier alpha value is -1.46. The number of azide groups is 1. The van der Waals surface area contributed by atoms with Crippen LogP contribution in [0.3, 0.4) is 0 Å². The summed E-state index contributed by atoms with van der Waals surface area (Å²) in [6, 6.07) is 0. The van der Waals surface area contributed by atoms with Gasteiger partial charge in [-0.2, -0.15) is 0 Å². The highest BCUT2D eigenvalue weighted by Gasteiger charge is 1.92. The molecule has 0 aromatic carbocycles. The molecule has 96 valence electrons. The van der Waals surface area contributed by atoms with Gasteiger partial charge in [-0.1, -0.05) is 5.11 Å². The first-order valence-corrected chi connectivity index (χ1v) is 5.61. The predicted molar refractivity (Wildman–Crippen MR) is 61.7 cm³/mol. The minimum absolute atomic E-state index is 0.484. The fraction of sp³-hybridized carbons (Fsp3) is 1.00. The van der Waals surface area contributed by atoms with Crippen LogP contribution in [0.4, 0.5) is 0 Å². The van der Waals surface area contributed by atoms with E-state index in [0.29, 0.717) is 39.5 Å². The van der Waals surface area contributed by atoms with Crippen LogP contribution in [-0.4, -0.2) is 39.5 Å². The Morgan fingerprint density at radius 2 is 1.41 bits per heavy atom. The van der Waals surface area contributed by atoms with E-state index < -0.39 is 0 Å². The van der Waals surface area contributed by atoms with E-state index in [4.69, 9.17) is 20.5 Å². The average molecular weight is 243 g/mol. The molecule has 0 unspecified atom stereocenters. The molecule has 0 bridgehead atoms. The van der Waals surface area contributed by atoms with Crippen LogP contribution in [0.25, 0.3) is 10.4 Å². The highest BCUT2D eigenvalue weighted by molar-refractivity contribution is 4.46. The third-order valence-electron chi connectivity index (χ3n) is 1.80. The molecule has 0 amide bonds. The van der Waals surface area contributed by atoms with Crippen LogP contribution >= 0.6 is 0 Å². The standard InChI is InChI=1S/C9H19N6O2/c10-14-12-4-1-6-16-8-3-9-17-7-2-5-13-15-11/h10H,1-9H2/q+1. The van der Waals surface area contributed by atoms with Crippen molar-refractivity contribution in [3.05, 3.63) is 10.4 Å². The zero-order valence-corrected chi connectivity index (χ0v) is 9.92. The molecule has 0 rings (SSSR count). The maximum atomic E-state index is 8.02. The fourth-order valence-corrected chi connectivity index (χ4v) is 1.04. The molecule has 0 aromatic rings. The maximum absolute atomic E-state index is 8.02. The Morgan fingerprint density at radius 3 is 1.94 bits per heavy atom. The molecule has 0 aliphatic carbocycles. The summed E-state index contributed by atoms with van der Waals surface area (Å²) in [5.74, 6) is 0. The molecule has 17 heavy (non-hydrogen) atoms. The normalized spacial score (nSPS) is 9.41. The van der Waals surface area contributed by atoms with E-state index in [1.807, 2.05) is 0 Å². The number of rotatable bonds is 12. The van der Waals surface area contributed by atoms with E-state index in [-0.39, 0.29) is 0 Å². The average Bonchev–Trinajstić information content (AvgIpc) is 2.35. The summed E-state index contributed by atoms with van der Waals surface area (Å²) >= 11 is 0. The fourth-order valence-electron chi connectivity index (χ4n) is 1.04. The molecule has 8 nitrogen and oxygen atoms in total. The molecule has 0 radical (unpaired) electrons. The Balaban J connectivity index is 2.98. The van der Waals surface area contributed by atoms with E-state index in [2.05, 4.69) is 20.1 Å². The van der Waals surface area contributed by atoms with Crippen LogP contribution in [0.1, 0.15) is 19.3 Å². The van der Waals surface area contributed by atoms with Crippen molar-refractivity contribution in [2.24, 2.45) is 10.2 Å². The van der Waals surface area contributed by atoms with Crippen molar-refractivity contribution in [2.45, 2.75) is 19.3 Å². The van der Waals surface area contributed by atoms with Crippen molar-refractivity contribution in [1.82, 2.24) is 4.91 Å². The molecule has 0 atom stereocenters. The number of nitrogens with zero attached hydrogens (tertiary/aromatic N) is 5. The van der Waals surface area contributed by atoms with Crippen molar-refractivity contribution < 1.29 is 9.47 Å². The smallest absolute Gasteiger partial charge is 0.214 e. The van der Waals surface area contributed by atoms with Crippen LogP contribution in [0.5, 0.6) is 0 Å². The quantitative estimate of drug-likeness (QED) is 0.244. The summed E-state index contributed by atoms with van der Waals surface area (Å²) < 4.78 is 10.6. The third kappa shape index (κ3) is 14.5. The molecule has 0 aromatic heterocycles. The molecule has 0 heterocycles. The van der Waals surface area contributed by atoms with Crippen LogP contribution in [0.2, 0.25) is 0 Å². The van der Waals surface area contributed by atoms with Gasteiger partial charge in [0.15, 0.2) is 0 Å². The lowest BCUT2D eigenvalue weighted by molar-refractivity contribution is 0.0820. The molecule has 0 fully saturated rings. The summed E-state index contributed by atoms with van der Waals surface area (Å²) in [6.45, 7) is 3.59. The minimum atomic E-state index is 0.484. The zero-order valence-electron chi connectivity index (χ0n) is 9.92. The monoisotopic (exact) mass is 243 g/mol. The van der Waals surface area contributed by atoms with E-state index in [1.165, 1.54) is 0 Å². The van der Waals surface area contributed by atoms with E-state index in [1.54, 1.807) is 0 Å². The number of nitrogens with one attached hydrogen (secondary N) is 1. The second kappa shape index (κ2) is 14.5. The largest absolute Gasteiger partial charge is 0.381 e. The van der Waals surface area contributed by atoms with Gasteiger partial charge in [0.25, 0.3) is 0 Å². The highest BCUT2D eigenvalue weighted by atomic mass is 16.5. The molecule has 0 spiro atoms. The van der Waals surface area contributed by atoms with Gasteiger partial charge < -0.3 is 9.47 Å². The van der Waals surface area contributed by atoms with E-state index in [9.17, 15) is 0 Å². The van der Waals surface area contributed by atoms with Gasteiger partial charge in [0.1, 0.15) is 17.2 Å². The second-order valence-corrected chi connectivity index (χ2v) is 3.20. The van der Waals surface area contributed by atoms with Crippen LogP contribution in [-0.2, 0) is 9.47 Å². The van der Waals surface area contributed by atoms with Gasteiger partial charge in [0.05, 0.1) is 0 Å². The summed E-state index contributed by atoms with van der Waals surface area (Å²) in [5.41, 5.74) is 14.5. The van der Waals surface area contributed by atoms with Crippen molar-refractivity contribution in [3.63, 3.8) is 0 Å². The topological polar surface area (TPSA) is 118 Å². The van der Waals surface area contributed by atoms with Gasteiger partial charge in [-0.25, -0.2) is 0 Å². The summed E-state index contributed by atoms with van der Waals surface area (Å²) in [7, 11) is 0. The highest BCUT2D eigenvalue weighted by Crippen LogP contribution is 1.90. The first-order chi connectivity index (χ1) is 8.41. The van der Waals surface area contributed by atoms with Gasteiger partial charge >= 0.3 is 0 Å². The van der Waals surface area contributed by atoms with Gasteiger partial charge in [-0.15, -0.1) is 0 Å². The Bertz CT molecular complexity index is 234. The predicted octanol–water partition coefficient (Wildman–Crippen LogP) is 2.05. The van der Waals surface area contributed by atoms with Crippen molar-refractivity contribution in [3.8, 4) is 0 Å². The minimum Gasteiger partial charge on any atom is -0.381 e. The van der Waals surface area contributed by atoms with Crippen molar-refractivity contribution >= 4 is 0 Å². The van der Waals surface area contributed by atoms with Crippen molar-refractivity contribution in [1.29, 1.82) is 5.53 Å². The Labute approximate surface area is 100 Å². The Morgan fingerprint density at radius 1 is 0.882 bits per heavy atom. The van der Waals surface area contributed by atoms with Crippen molar-refractivity contribution in [2.75, 3.05) is 39.5 Å². The third-order valence-corrected chi connectivity index (χ3v) is 1.80. The lowest BCUT2D eigenvalue weighted by Gasteiger charge is -2.03. The second-order valence-electron chi connectivity index (χ2n) is 3.20. The first kappa shape index (κ1) is 15.5. The molecule has 0 aliphatic rings. The van der Waals surface area contributed by atoms with Crippen LogP contribution in [0.15, 0.2) is 10.2 Å². The SMILES string of the molecule is [N-]=[N+]=NCCCOCCCOCCCN=[N+]=N. The number of hydrogen-bond donors (Lipinski definition) is 1. The zero-order chi connectivity index (χ0) is 12.6. The lowest BCUT2D eigenvalue weighted by atomic mass is 10.4. The number of hydrogen-bond acceptors (Lipinski definition) is 5. The van der Waals surface area contributed by atoms with Gasteiger partial charge in [0.2, 0.25) is 4.91 Å². The number of ether oxygens (including phenoxy) is 2. The molecule has 1 N–H and O–H groups in total. The van der Waals surface area contributed by atoms with Gasteiger partial charge in [-0.3, -0.25) is 0 Å². The van der Waals surface area contributed by atoms with Gasteiger partial charge in [0, 0.05) is 37.9 Å². The van der Waals surface area contributed by atoms with E-state index in [0.717, 1.165) is 19.3 Å². The molecular weight excluding hydrogens is 224 g/mol. The lowest BCUT2D eigenvalue weighted by Crippen LogP contribution is -2.04. The molecule has 8 heteroatoms. The van der Waals surface area contributed by atoms with Crippen LogP contribution < -0.4 is 4.91 Å². The summed E-state index contributed by atoms with van der Waals surface area (Å²) in [4.78, 5) is 5.54. The maximum Gasteiger partial charge on any atom is 0.214 e. The summed E-state index contributed by atoms with van der Waals surface area (Å²) in [6.07, 6.45) is 2.39. The molecular formula is C9H19N6O2+. The first-order valence-electron chi connectivity index (χ1n) is 5.61. The molecule has 0 aliphatic heterocycles. The molecule has 0 saturated carbocycles. The summed E-state index contributed by atoms with van der Waals surface area (Å²) in [5, 5.41) is 6.91. The molecule has 0 saturated heterocycles. The Kier molecular flexibility index (Phi) is 13.3. The van der Waals surface area contributed by atoms with Crippen LogP contribution in [0, 0.1) is 5.53 Å². The van der Waals surface area contributed by atoms with Gasteiger partial charge in [-0.05, 0) is 24.8 Å².